The Bertz CT molecular complexity index is 256. The molecule has 0 bridgehead atoms. The van der Waals surface area contributed by atoms with E-state index in [1.165, 1.54) is 19.4 Å². The second kappa shape index (κ2) is 3.50. The first-order valence-corrected chi connectivity index (χ1v) is 4.94. The molecular weight excluding hydrogens is 164 g/mol. The van der Waals surface area contributed by atoms with Gasteiger partial charge in [0.1, 0.15) is 6.26 Å². The Morgan fingerprint density at radius 3 is 3.08 bits per heavy atom. The number of likely N-dealkylation sites (tertiary alicyclic amines) is 1. The van der Waals surface area contributed by atoms with Crippen molar-refractivity contribution in [3.8, 4) is 0 Å². The van der Waals surface area contributed by atoms with E-state index in [0.717, 1.165) is 5.89 Å². The van der Waals surface area contributed by atoms with Crippen molar-refractivity contribution >= 4 is 0 Å². The molecule has 2 heterocycles. The molecule has 13 heavy (non-hydrogen) atoms. The lowest BCUT2D eigenvalue weighted by molar-refractivity contribution is 0.179. The van der Waals surface area contributed by atoms with Crippen molar-refractivity contribution in [1.29, 1.82) is 0 Å². The lowest BCUT2D eigenvalue weighted by atomic mass is 10.2. The Morgan fingerprint density at radius 1 is 1.62 bits per heavy atom. The second-order valence-corrected chi connectivity index (χ2v) is 3.86. The summed E-state index contributed by atoms with van der Waals surface area (Å²) in [6.45, 7) is 5.62. The van der Waals surface area contributed by atoms with Crippen LogP contribution in [-0.4, -0.2) is 22.5 Å². The van der Waals surface area contributed by atoms with E-state index >= 15 is 0 Å². The van der Waals surface area contributed by atoms with Crippen LogP contribution in [0.15, 0.2) is 16.9 Å². The summed E-state index contributed by atoms with van der Waals surface area (Å²) in [7, 11) is 0. The fourth-order valence-corrected chi connectivity index (χ4v) is 2.07. The minimum Gasteiger partial charge on any atom is -0.447 e. The Morgan fingerprint density at radius 2 is 2.46 bits per heavy atom. The maximum atomic E-state index is 5.35. The molecule has 3 heteroatoms. The lowest BCUT2D eigenvalue weighted by Crippen LogP contribution is -2.30. The van der Waals surface area contributed by atoms with Crippen LogP contribution in [0.4, 0.5) is 0 Å². The maximum Gasteiger partial charge on any atom is 0.211 e. The molecule has 2 rings (SSSR count). The van der Waals surface area contributed by atoms with Gasteiger partial charge in [0.2, 0.25) is 5.89 Å². The summed E-state index contributed by atoms with van der Waals surface area (Å²) in [4.78, 5) is 6.67. The van der Waals surface area contributed by atoms with Gasteiger partial charge in [-0.05, 0) is 33.2 Å². The monoisotopic (exact) mass is 180 g/mol. The number of hydrogen-bond donors (Lipinski definition) is 0. The normalized spacial score (nSPS) is 24.4. The van der Waals surface area contributed by atoms with E-state index in [1.54, 1.807) is 12.5 Å². The predicted octanol–water partition coefficient (Wildman–Crippen LogP) is 2.22. The molecule has 1 fully saturated rings. The smallest absolute Gasteiger partial charge is 0.211 e. The summed E-state index contributed by atoms with van der Waals surface area (Å²) in [5, 5.41) is 0. The molecular formula is C10H16N2O. The quantitative estimate of drug-likeness (QED) is 0.698. The largest absolute Gasteiger partial charge is 0.447 e. The summed E-state index contributed by atoms with van der Waals surface area (Å²) in [6, 6.07) is 0.995. The minimum atomic E-state index is 0.412. The third-order valence-electron chi connectivity index (χ3n) is 2.69. The molecule has 0 unspecified atom stereocenters. The van der Waals surface area contributed by atoms with Gasteiger partial charge in [-0.1, -0.05) is 0 Å². The molecule has 1 saturated heterocycles. The number of nitrogens with zero attached hydrogens (tertiary/aromatic N) is 2. The predicted molar refractivity (Wildman–Crippen MR) is 50.3 cm³/mol. The highest BCUT2D eigenvalue weighted by Crippen LogP contribution is 2.32. The molecule has 0 saturated carbocycles. The van der Waals surface area contributed by atoms with Crippen LogP contribution in [0.2, 0.25) is 0 Å². The standard InChI is InChI=1S/C10H16N2O/c1-8(2)12-6-3-4-9(12)10-11-5-7-13-10/h5,7-9H,3-4,6H2,1-2H3/t9-/m1/s1. The maximum absolute atomic E-state index is 5.35. The molecule has 1 atom stereocenters. The summed E-state index contributed by atoms with van der Waals surface area (Å²) in [6.07, 6.45) is 5.82. The van der Waals surface area contributed by atoms with Crippen molar-refractivity contribution < 1.29 is 4.42 Å². The lowest BCUT2D eigenvalue weighted by Gasteiger charge is -2.25. The summed E-state index contributed by atoms with van der Waals surface area (Å²) in [5.41, 5.74) is 0. The van der Waals surface area contributed by atoms with Crippen LogP contribution < -0.4 is 0 Å². The highest BCUT2D eigenvalue weighted by molar-refractivity contribution is 4.95. The van der Waals surface area contributed by atoms with Gasteiger partial charge in [-0.15, -0.1) is 0 Å². The van der Waals surface area contributed by atoms with Crippen LogP contribution in [0.1, 0.15) is 38.6 Å². The van der Waals surface area contributed by atoms with Gasteiger partial charge in [0.15, 0.2) is 0 Å². The molecule has 1 aliphatic heterocycles. The Balaban J connectivity index is 2.14. The molecule has 1 aromatic heterocycles. The zero-order valence-electron chi connectivity index (χ0n) is 8.23. The van der Waals surface area contributed by atoms with Gasteiger partial charge >= 0.3 is 0 Å². The molecule has 1 aliphatic rings. The summed E-state index contributed by atoms with van der Waals surface area (Å²) < 4.78 is 5.35. The fraction of sp³-hybridized carbons (Fsp3) is 0.700. The van der Waals surface area contributed by atoms with E-state index in [1.807, 2.05) is 0 Å². The van der Waals surface area contributed by atoms with Crippen LogP contribution in [0, 0.1) is 0 Å². The zero-order valence-corrected chi connectivity index (χ0v) is 8.23. The van der Waals surface area contributed by atoms with Crippen LogP contribution in [0.25, 0.3) is 0 Å². The van der Waals surface area contributed by atoms with E-state index in [-0.39, 0.29) is 0 Å². The van der Waals surface area contributed by atoms with Gasteiger partial charge in [0.25, 0.3) is 0 Å². The van der Waals surface area contributed by atoms with Crippen molar-refractivity contribution in [2.24, 2.45) is 0 Å². The van der Waals surface area contributed by atoms with Gasteiger partial charge < -0.3 is 4.42 Å². The van der Waals surface area contributed by atoms with E-state index in [4.69, 9.17) is 4.42 Å². The summed E-state index contributed by atoms with van der Waals surface area (Å²) in [5.74, 6) is 0.881. The second-order valence-electron chi connectivity index (χ2n) is 3.86. The topological polar surface area (TPSA) is 29.3 Å². The van der Waals surface area contributed by atoms with Gasteiger partial charge in [0.05, 0.1) is 12.2 Å². The van der Waals surface area contributed by atoms with Crippen molar-refractivity contribution in [2.75, 3.05) is 6.54 Å². The molecule has 0 aliphatic carbocycles. The molecule has 0 spiro atoms. The molecule has 0 amide bonds. The Kier molecular flexibility index (Phi) is 2.36. The first kappa shape index (κ1) is 8.75. The third-order valence-corrected chi connectivity index (χ3v) is 2.69. The highest BCUT2D eigenvalue weighted by Gasteiger charge is 2.30. The fourth-order valence-electron chi connectivity index (χ4n) is 2.07. The molecule has 72 valence electrons. The third kappa shape index (κ3) is 1.61. The SMILES string of the molecule is CC(C)N1CCC[C@@H]1c1ncco1. The average Bonchev–Trinajstić information content (AvgIpc) is 2.74. The van der Waals surface area contributed by atoms with E-state index < -0.39 is 0 Å². The number of hydrogen-bond acceptors (Lipinski definition) is 3. The average molecular weight is 180 g/mol. The van der Waals surface area contributed by atoms with Crippen molar-refractivity contribution in [2.45, 2.75) is 38.8 Å². The molecule has 3 nitrogen and oxygen atoms in total. The van der Waals surface area contributed by atoms with Gasteiger partial charge in [-0.3, -0.25) is 4.90 Å². The number of rotatable bonds is 2. The van der Waals surface area contributed by atoms with Gasteiger partial charge in [-0.2, -0.15) is 0 Å². The van der Waals surface area contributed by atoms with Crippen molar-refractivity contribution in [1.82, 2.24) is 9.88 Å². The molecule has 0 radical (unpaired) electrons. The first-order valence-electron chi connectivity index (χ1n) is 4.94. The molecule has 1 aromatic rings. The highest BCUT2D eigenvalue weighted by atomic mass is 16.3. The summed E-state index contributed by atoms with van der Waals surface area (Å²) >= 11 is 0. The van der Waals surface area contributed by atoms with Crippen LogP contribution in [-0.2, 0) is 0 Å². The Labute approximate surface area is 78.8 Å². The van der Waals surface area contributed by atoms with Gasteiger partial charge in [0, 0.05) is 6.04 Å². The van der Waals surface area contributed by atoms with Crippen molar-refractivity contribution in [3.63, 3.8) is 0 Å². The molecule has 0 aromatic carbocycles. The van der Waals surface area contributed by atoms with E-state index in [0.29, 0.717) is 12.1 Å². The van der Waals surface area contributed by atoms with Crippen molar-refractivity contribution in [3.05, 3.63) is 18.4 Å². The molecule has 0 N–H and O–H groups in total. The first-order chi connectivity index (χ1) is 6.29. The van der Waals surface area contributed by atoms with Gasteiger partial charge in [-0.25, -0.2) is 4.98 Å². The van der Waals surface area contributed by atoms with Crippen LogP contribution in [0.5, 0.6) is 0 Å². The zero-order chi connectivity index (χ0) is 9.26. The minimum absolute atomic E-state index is 0.412. The van der Waals surface area contributed by atoms with E-state index in [9.17, 15) is 0 Å². The number of aromatic nitrogens is 1. The Hall–Kier alpha value is -0.830. The van der Waals surface area contributed by atoms with Crippen LogP contribution in [0.3, 0.4) is 0 Å². The number of oxazole rings is 1. The van der Waals surface area contributed by atoms with Crippen LogP contribution >= 0.6 is 0 Å². The van der Waals surface area contributed by atoms with E-state index in [2.05, 4.69) is 23.7 Å².